The maximum Gasteiger partial charge on any atom is 0.304 e. The highest BCUT2D eigenvalue weighted by atomic mass is 16.4. The average molecular weight is 594 g/mol. The Kier molecular flexibility index (Phi) is 36.1. The fraction of sp³-hybridized carbons (Fsp3) is 0.974. The van der Waals surface area contributed by atoms with Crippen molar-refractivity contribution in [2.24, 2.45) is 0 Å². The summed E-state index contributed by atoms with van der Waals surface area (Å²) in [5.41, 5.74) is 0. The highest BCUT2D eigenvalue weighted by molar-refractivity contribution is 5.66. The molecule has 0 rings (SSSR count). The summed E-state index contributed by atoms with van der Waals surface area (Å²) < 4.78 is 0. The summed E-state index contributed by atoms with van der Waals surface area (Å²) in [6.07, 6.45) is 45.1. The summed E-state index contributed by atoms with van der Waals surface area (Å²) in [5, 5.41) is 9.16. The molecule has 42 heavy (non-hydrogen) atoms. The van der Waals surface area contributed by atoms with Crippen LogP contribution in [0.4, 0.5) is 0 Å². The van der Waals surface area contributed by atoms with E-state index in [2.05, 4.69) is 18.7 Å². The molecule has 1 N–H and O–H groups in total. The number of carboxylic acid groups (broad SMARTS) is 1. The second kappa shape index (κ2) is 36.6. The molecular weight excluding hydrogens is 514 g/mol. The molecule has 0 radical (unpaired) electrons. The second-order valence-corrected chi connectivity index (χ2v) is 13.6. The topological polar surface area (TPSA) is 40.5 Å². The molecule has 0 unspecified atom stereocenters. The SMILES string of the molecule is CCCCCCCCCCCCCCCCCCN(CCCCCCCCCCCCCCCCCC)CCC(=O)O. The first-order valence-electron chi connectivity index (χ1n) is 19.6. The normalized spacial score (nSPS) is 11.6. The third-order valence-corrected chi connectivity index (χ3v) is 9.30. The van der Waals surface area contributed by atoms with Gasteiger partial charge in [0.05, 0.1) is 6.42 Å². The molecule has 0 aromatic carbocycles. The van der Waals surface area contributed by atoms with E-state index in [1.54, 1.807) is 0 Å². The van der Waals surface area contributed by atoms with Gasteiger partial charge in [-0.3, -0.25) is 4.79 Å². The predicted octanol–water partition coefficient (Wildman–Crippen LogP) is 13.3. The van der Waals surface area contributed by atoms with Crippen molar-refractivity contribution >= 4 is 5.97 Å². The van der Waals surface area contributed by atoms with Crippen molar-refractivity contribution < 1.29 is 9.90 Å². The molecule has 0 amide bonds. The van der Waals surface area contributed by atoms with E-state index < -0.39 is 5.97 Å². The molecule has 3 nitrogen and oxygen atoms in total. The summed E-state index contributed by atoms with van der Waals surface area (Å²) >= 11 is 0. The fourth-order valence-corrected chi connectivity index (χ4v) is 6.36. The number of unbranched alkanes of at least 4 members (excludes halogenated alkanes) is 30. The third kappa shape index (κ3) is 35.6. The van der Waals surface area contributed by atoms with E-state index in [1.807, 2.05) is 0 Å². The molecule has 0 aromatic heterocycles. The van der Waals surface area contributed by atoms with Gasteiger partial charge in [-0.1, -0.05) is 206 Å². The zero-order chi connectivity index (χ0) is 30.6. The van der Waals surface area contributed by atoms with Crippen molar-refractivity contribution in [1.29, 1.82) is 0 Å². The maximum absolute atomic E-state index is 11.1. The van der Waals surface area contributed by atoms with Crippen molar-refractivity contribution in [2.75, 3.05) is 19.6 Å². The van der Waals surface area contributed by atoms with Crippen molar-refractivity contribution in [3.8, 4) is 0 Å². The molecule has 0 aliphatic heterocycles. The van der Waals surface area contributed by atoms with Crippen LogP contribution in [0.25, 0.3) is 0 Å². The summed E-state index contributed by atoms with van der Waals surface area (Å²) in [7, 11) is 0. The van der Waals surface area contributed by atoms with Gasteiger partial charge in [0.15, 0.2) is 0 Å². The Balaban J connectivity index is 3.54. The maximum atomic E-state index is 11.1. The lowest BCUT2D eigenvalue weighted by atomic mass is 10.0. The van der Waals surface area contributed by atoms with Gasteiger partial charge < -0.3 is 10.0 Å². The standard InChI is InChI=1S/C39H79NO2/c1-3-5-7-9-11-13-15-17-19-21-23-25-27-29-31-33-36-40(38-35-39(41)42)37-34-32-30-28-26-24-22-20-18-16-14-12-10-8-6-4-2/h3-38H2,1-2H3,(H,41,42). The lowest BCUT2D eigenvalue weighted by Gasteiger charge is -2.21. The highest BCUT2D eigenvalue weighted by Crippen LogP contribution is 2.16. The molecule has 0 saturated carbocycles. The number of carbonyl (C=O) groups is 1. The smallest absolute Gasteiger partial charge is 0.304 e. The van der Waals surface area contributed by atoms with Crippen molar-refractivity contribution in [3.63, 3.8) is 0 Å². The number of hydrogen-bond acceptors (Lipinski definition) is 2. The molecule has 0 heterocycles. The Hall–Kier alpha value is -0.570. The monoisotopic (exact) mass is 594 g/mol. The number of rotatable bonds is 37. The van der Waals surface area contributed by atoms with Crippen LogP contribution in [-0.2, 0) is 4.79 Å². The molecule has 0 aromatic rings. The molecule has 3 heteroatoms. The molecule has 0 aliphatic rings. The summed E-state index contributed by atoms with van der Waals surface area (Å²) in [4.78, 5) is 13.6. The largest absolute Gasteiger partial charge is 0.481 e. The number of carboxylic acids is 1. The Bertz CT molecular complexity index is 473. The van der Waals surface area contributed by atoms with E-state index in [9.17, 15) is 4.79 Å². The molecule has 0 spiro atoms. The van der Waals surface area contributed by atoms with E-state index in [4.69, 9.17) is 5.11 Å². The minimum atomic E-state index is -0.654. The Morgan fingerprint density at radius 1 is 0.357 bits per heavy atom. The summed E-state index contributed by atoms with van der Waals surface area (Å²) in [6, 6.07) is 0. The van der Waals surface area contributed by atoms with Crippen molar-refractivity contribution in [3.05, 3.63) is 0 Å². The van der Waals surface area contributed by atoms with Gasteiger partial charge in [0.25, 0.3) is 0 Å². The molecule has 0 saturated heterocycles. The molecule has 0 atom stereocenters. The van der Waals surface area contributed by atoms with E-state index in [0.717, 1.165) is 19.6 Å². The van der Waals surface area contributed by atoms with Crippen LogP contribution in [0.3, 0.4) is 0 Å². The third-order valence-electron chi connectivity index (χ3n) is 9.30. The molecule has 0 fully saturated rings. The van der Waals surface area contributed by atoms with Crippen LogP contribution >= 0.6 is 0 Å². The quantitative estimate of drug-likeness (QED) is 0.0728. The van der Waals surface area contributed by atoms with E-state index in [1.165, 1.54) is 205 Å². The number of aliphatic carboxylic acids is 1. The van der Waals surface area contributed by atoms with Gasteiger partial charge in [0.2, 0.25) is 0 Å². The van der Waals surface area contributed by atoms with E-state index >= 15 is 0 Å². The van der Waals surface area contributed by atoms with Gasteiger partial charge >= 0.3 is 5.97 Å². The Morgan fingerprint density at radius 3 is 0.786 bits per heavy atom. The van der Waals surface area contributed by atoms with Gasteiger partial charge in [-0.25, -0.2) is 0 Å². The van der Waals surface area contributed by atoms with Crippen LogP contribution < -0.4 is 0 Å². The minimum absolute atomic E-state index is 0.289. The van der Waals surface area contributed by atoms with Crippen LogP contribution in [0.5, 0.6) is 0 Å². The predicted molar refractivity (Wildman–Crippen MR) is 188 cm³/mol. The van der Waals surface area contributed by atoms with E-state index in [-0.39, 0.29) is 6.42 Å². The van der Waals surface area contributed by atoms with E-state index in [0.29, 0.717) is 0 Å². The van der Waals surface area contributed by atoms with Crippen LogP contribution in [0.15, 0.2) is 0 Å². The fourth-order valence-electron chi connectivity index (χ4n) is 6.36. The lowest BCUT2D eigenvalue weighted by Crippen LogP contribution is -2.28. The van der Waals surface area contributed by atoms with Crippen LogP contribution in [0, 0.1) is 0 Å². The molecule has 252 valence electrons. The second-order valence-electron chi connectivity index (χ2n) is 13.6. The van der Waals surface area contributed by atoms with Crippen molar-refractivity contribution in [2.45, 2.75) is 226 Å². The number of hydrogen-bond donors (Lipinski definition) is 1. The van der Waals surface area contributed by atoms with Gasteiger partial charge in [0.1, 0.15) is 0 Å². The molecule has 0 aliphatic carbocycles. The first-order valence-corrected chi connectivity index (χ1v) is 19.6. The first kappa shape index (κ1) is 41.4. The summed E-state index contributed by atoms with van der Waals surface area (Å²) in [5.74, 6) is -0.654. The molecule has 0 bridgehead atoms. The average Bonchev–Trinajstić information content (AvgIpc) is 2.98. The lowest BCUT2D eigenvalue weighted by molar-refractivity contribution is -0.137. The highest BCUT2D eigenvalue weighted by Gasteiger charge is 2.07. The van der Waals surface area contributed by atoms with Crippen LogP contribution in [0.1, 0.15) is 226 Å². The van der Waals surface area contributed by atoms with Gasteiger partial charge in [0, 0.05) is 6.54 Å². The zero-order valence-corrected chi connectivity index (χ0v) is 29.3. The Labute approximate surface area is 265 Å². The van der Waals surface area contributed by atoms with Crippen LogP contribution in [0.2, 0.25) is 0 Å². The van der Waals surface area contributed by atoms with Gasteiger partial charge in [-0.2, -0.15) is 0 Å². The van der Waals surface area contributed by atoms with Crippen LogP contribution in [-0.4, -0.2) is 35.6 Å². The summed E-state index contributed by atoms with van der Waals surface area (Å²) in [6.45, 7) is 7.49. The van der Waals surface area contributed by atoms with Gasteiger partial charge in [-0.15, -0.1) is 0 Å². The Morgan fingerprint density at radius 2 is 0.571 bits per heavy atom. The minimum Gasteiger partial charge on any atom is -0.481 e. The number of nitrogens with zero attached hydrogens (tertiary/aromatic N) is 1. The van der Waals surface area contributed by atoms with Gasteiger partial charge in [-0.05, 0) is 25.9 Å². The zero-order valence-electron chi connectivity index (χ0n) is 29.3. The first-order chi connectivity index (χ1) is 20.7. The van der Waals surface area contributed by atoms with Crippen molar-refractivity contribution in [1.82, 2.24) is 4.90 Å². The molecular formula is C39H79NO2.